The summed E-state index contributed by atoms with van der Waals surface area (Å²) in [5.41, 5.74) is 2.12. The van der Waals surface area contributed by atoms with Crippen molar-refractivity contribution in [2.24, 2.45) is 0 Å². The summed E-state index contributed by atoms with van der Waals surface area (Å²) in [5.74, 6) is -0.594. The predicted octanol–water partition coefficient (Wildman–Crippen LogP) is 3.16. The number of aryl methyl sites for hydroxylation is 1. The van der Waals surface area contributed by atoms with Crippen LogP contribution in [-0.2, 0) is 6.42 Å². The van der Waals surface area contributed by atoms with Crippen LogP contribution in [0.25, 0.3) is 5.69 Å². The summed E-state index contributed by atoms with van der Waals surface area (Å²) in [4.78, 5) is 12.3. The molecule has 1 amide bonds. The van der Waals surface area contributed by atoms with Gasteiger partial charge in [-0.15, -0.1) is 5.10 Å². The molecule has 1 atom stereocenters. The maximum atomic E-state index is 13.0. The molecule has 1 aromatic heterocycles. The molecule has 0 bridgehead atoms. The first-order valence-corrected chi connectivity index (χ1v) is 8.15. The van der Waals surface area contributed by atoms with Gasteiger partial charge >= 0.3 is 0 Å². The molecule has 0 saturated carbocycles. The van der Waals surface area contributed by atoms with E-state index in [0.29, 0.717) is 5.69 Å². The van der Waals surface area contributed by atoms with Crippen LogP contribution in [0, 0.1) is 5.82 Å². The molecule has 2 aromatic carbocycles. The number of hydrogen-bond donors (Lipinski definition) is 1. The Balaban J connectivity index is 1.57. The predicted molar refractivity (Wildman–Crippen MR) is 93.0 cm³/mol. The smallest absolute Gasteiger partial charge is 0.273 e. The lowest BCUT2D eigenvalue weighted by atomic mass is 10.1. The third kappa shape index (κ3) is 4.50. The highest BCUT2D eigenvalue weighted by Gasteiger charge is 2.14. The quantitative estimate of drug-likeness (QED) is 0.751. The van der Waals surface area contributed by atoms with Gasteiger partial charge in [0.05, 0.1) is 11.9 Å². The topological polar surface area (TPSA) is 59.8 Å². The average Bonchev–Trinajstić information content (AvgIpc) is 3.12. The lowest BCUT2D eigenvalue weighted by molar-refractivity contribution is 0.0933. The van der Waals surface area contributed by atoms with Crippen molar-refractivity contribution in [1.29, 1.82) is 0 Å². The molecule has 0 fully saturated rings. The fraction of sp³-hybridized carbons (Fsp3) is 0.211. The van der Waals surface area contributed by atoms with Crippen molar-refractivity contribution >= 4 is 5.91 Å². The van der Waals surface area contributed by atoms with E-state index in [1.54, 1.807) is 12.1 Å². The van der Waals surface area contributed by atoms with Crippen molar-refractivity contribution < 1.29 is 9.18 Å². The van der Waals surface area contributed by atoms with Gasteiger partial charge in [-0.2, -0.15) is 0 Å². The van der Waals surface area contributed by atoms with Crippen LogP contribution in [0.4, 0.5) is 4.39 Å². The molecule has 0 unspecified atom stereocenters. The van der Waals surface area contributed by atoms with Crippen LogP contribution >= 0.6 is 0 Å². The Hall–Kier alpha value is -3.02. The van der Waals surface area contributed by atoms with Gasteiger partial charge in [0, 0.05) is 6.04 Å². The lowest BCUT2D eigenvalue weighted by Crippen LogP contribution is -2.33. The Morgan fingerprint density at radius 1 is 1.16 bits per heavy atom. The molecule has 0 spiro atoms. The summed E-state index contributed by atoms with van der Waals surface area (Å²) in [6, 6.07) is 16.0. The molecule has 0 aliphatic heterocycles. The van der Waals surface area contributed by atoms with Crippen LogP contribution in [-0.4, -0.2) is 26.9 Å². The van der Waals surface area contributed by atoms with Gasteiger partial charge in [0.25, 0.3) is 5.91 Å². The normalized spacial score (nSPS) is 11.9. The zero-order valence-corrected chi connectivity index (χ0v) is 13.9. The van der Waals surface area contributed by atoms with E-state index in [9.17, 15) is 9.18 Å². The minimum absolute atomic E-state index is 0.0173. The summed E-state index contributed by atoms with van der Waals surface area (Å²) in [7, 11) is 0. The third-order valence-electron chi connectivity index (χ3n) is 3.90. The molecule has 6 heteroatoms. The van der Waals surface area contributed by atoms with Crippen LogP contribution in [0.2, 0.25) is 0 Å². The van der Waals surface area contributed by atoms with Crippen LogP contribution in [0.3, 0.4) is 0 Å². The van der Waals surface area contributed by atoms with Gasteiger partial charge in [-0.25, -0.2) is 9.07 Å². The van der Waals surface area contributed by atoms with Crippen LogP contribution in [0.5, 0.6) is 0 Å². The van der Waals surface area contributed by atoms with E-state index >= 15 is 0 Å². The second-order valence-corrected chi connectivity index (χ2v) is 5.92. The van der Waals surface area contributed by atoms with E-state index in [0.717, 1.165) is 12.8 Å². The highest BCUT2D eigenvalue weighted by atomic mass is 19.1. The summed E-state index contributed by atoms with van der Waals surface area (Å²) < 4.78 is 14.4. The minimum atomic E-state index is -0.325. The van der Waals surface area contributed by atoms with Crippen molar-refractivity contribution in [3.8, 4) is 5.69 Å². The van der Waals surface area contributed by atoms with Crippen molar-refractivity contribution in [1.82, 2.24) is 20.3 Å². The summed E-state index contributed by atoms with van der Waals surface area (Å²) in [6.45, 7) is 1.96. The average molecular weight is 338 g/mol. The van der Waals surface area contributed by atoms with Gasteiger partial charge in [0.2, 0.25) is 0 Å². The Morgan fingerprint density at radius 3 is 2.60 bits per heavy atom. The first kappa shape index (κ1) is 16.8. The number of carbonyl (C=O) groups excluding carboxylic acids is 1. The molecule has 3 aromatic rings. The summed E-state index contributed by atoms with van der Waals surface area (Å²) in [5, 5.41) is 10.7. The molecule has 0 aliphatic carbocycles. The van der Waals surface area contributed by atoms with Crippen molar-refractivity contribution in [3.05, 3.63) is 77.9 Å². The maximum Gasteiger partial charge on any atom is 0.273 e. The number of aromatic nitrogens is 3. The molecular weight excluding hydrogens is 319 g/mol. The zero-order chi connectivity index (χ0) is 17.6. The highest BCUT2D eigenvalue weighted by molar-refractivity contribution is 5.92. The molecule has 0 radical (unpaired) electrons. The van der Waals surface area contributed by atoms with Crippen LogP contribution in [0.1, 0.15) is 29.4 Å². The van der Waals surface area contributed by atoms with Crippen LogP contribution in [0.15, 0.2) is 60.8 Å². The van der Waals surface area contributed by atoms with E-state index in [-0.39, 0.29) is 23.5 Å². The molecule has 25 heavy (non-hydrogen) atoms. The Kier molecular flexibility index (Phi) is 5.18. The van der Waals surface area contributed by atoms with Crippen molar-refractivity contribution in [2.75, 3.05) is 0 Å². The van der Waals surface area contributed by atoms with E-state index in [1.165, 1.54) is 28.6 Å². The number of rotatable bonds is 6. The molecular formula is C19H19FN4O. The van der Waals surface area contributed by atoms with Gasteiger partial charge in [0.1, 0.15) is 5.82 Å². The Bertz CT molecular complexity index is 830. The van der Waals surface area contributed by atoms with E-state index in [1.807, 2.05) is 25.1 Å². The van der Waals surface area contributed by atoms with Crippen molar-refractivity contribution in [3.63, 3.8) is 0 Å². The molecule has 1 N–H and O–H groups in total. The number of benzene rings is 2. The van der Waals surface area contributed by atoms with E-state index in [4.69, 9.17) is 0 Å². The number of nitrogens with one attached hydrogen (secondary N) is 1. The van der Waals surface area contributed by atoms with E-state index < -0.39 is 0 Å². The van der Waals surface area contributed by atoms with Gasteiger partial charge < -0.3 is 5.32 Å². The molecule has 1 heterocycles. The maximum absolute atomic E-state index is 13.0. The fourth-order valence-electron chi connectivity index (χ4n) is 2.49. The molecule has 128 valence electrons. The molecule has 0 aliphatic rings. The lowest BCUT2D eigenvalue weighted by Gasteiger charge is -2.12. The Labute approximate surface area is 145 Å². The second-order valence-electron chi connectivity index (χ2n) is 5.92. The van der Waals surface area contributed by atoms with Gasteiger partial charge in [-0.3, -0.25) is 4.79 Å². The number of amides is 1. The highest BCUT2D eigenvalue weighted by Crippen LogP contribution is 2.09. The largest absolute Gasteiger partial charge is 0.348 e. The van der Waals surface area contributed by atoms with Gasteiger partial charge in [0.15, 0.2) is 5.69 Å². The second kappa shape index (κ2) is 7.70. The first-order valence-electron chi connectivity index (χ1n) is 8.15. The Morgan fingerprint density at radius 2 is 1.88 bits per heavy atom. The summed E-state index contributed by atoms with van der Waals surface area (Å²) >= 11 is 0. The number of carbonyl (C=O) groups is 1. The summed E-state index contributed by atoms with van der Waals surface area (Å²) in [6.07, 6.45) is 3.26. The standard InChI is InChI=1S/C19H19FN4O/c1-14(7-8-15-5-3-2-4-6-15)21-19(25)18-13-24(23-22-18)17-11-9-16(20)10-12-17/h2-6,9-14H,7-8H2,1H3,(H,21,25)/t14-/m0/s1. The number of hydrogen-bond acceptors (Lipinski definition) is 3. The van der Waals surface area contributed by atoms with Gasteiger partial charge in [-0.1, -0.05) is 35.5 Å². The third-order valence-corrected chi connectivity index (χ3v) is 3.90. The first-order chi connectivity index (χ1) is 12.1. The van der Waals surface area contributed by atoms with E-state index in [2.05, 4.69) is 27.8 Å². The minimum Gasteiger partial charge on any atom is -0.348 e. The van der Waals surface area contributed by atoms with Gasteiger partial charge in [-0.05, 0) is 49.6 Å². The number of halogens is 1. The van der Waals surface area contributed by atoms with Crippen molar-refractivity contribution in [2.45, 2.75) is 25.8 Å². The zero-order valence-electron chi connectivity index (χ0n) is 13.9. The fourth-order valence-corrected chi connectivity index (χ4v) is 2.49. The molecule has 3 rings (SSSR count). The monoisotopic (exact) mass is 338 g/mol. The van der Waals surface area contributed by atoms with Crippen LogP contribution < -0.4 is 5.32 Å². The SMILES string of the molecule is C[C@@H](CCc1ccccc1)NC(=O)c1cn(-c2ccc(F)cc2)nn1. The number of nitrogens with zero attached hydrogens (tertiary/aromatic N) is 3. The molecule has 5 nitrogen and oxygen atoms in total. The molecule has 0 saturated heterocycles.